The first kappa shape index (κ1) is 14.8. The zero-order valence-corrected chi connectivity index (χ0v) is 10.8. The SMILES string of the molecule is CCCC(C)COC(=O)[C@H](N)CCSC. The summed E-state index contributed by atoms with van der Waals surface area (Å²) in [7, 11) is 0. The van der Waals surface area contributed by atoms with Crippen LogP contribution in [0.15, 0.2) is 0 Å². The highest BCUT2D eigenvalue weighted by Crippen LogP contribution is 2.06. The van der Waals surface area contributed by atoms with Gasteiger partial charge in [-0.25, -0.2) is 0 Å². The van der Waals surface area contributed by atoms with Crippen molar-refractivity contribution < 1.29 is 9.53 Å². The lowest BCUT2D eigenvalue weighted by molar-refractivity contribution is -0.146. The molecule has 0 saturated carbocycles. The molecule has 0 amide bonds. The summed E-state index contributed by atoms with van der Waals surface area (Å²) in [4.78, 5) is 11.4. The molecule has 2 N–H and O–H groups in total. The van der Waals surface area contributed by atoms with Crippen LogP contribution in [0.25, 0.3) is 0 Å². The van der Waals surface area contributed by atoms with Crippen molar-refractivity contribution in [2.75, 3.05) is 18.6 Å². The van der Waals surface area contributed by atoms with Crippen molar-refractivity contribution in [1.82, 2.24) is 0 Å². The Bertz CT molecular complexity index is 176. The zero-order valence-electron chi connectivity index (χ0n) is 9.99. The van der Waals surface area contributed by atoms with Gasteiger partial charge in [0.25, 0.3) is 0 Å². The molecule has 0 spiro atoms. The monoisotopic (exact) mass is 233 g/mol. The third kappa shape index (κ3) is 7.68. The van der Waals surface area contributed by atoms with Crippen molar-refractivity contribution in [3.05, 3.63) is 0 Å². The third-order valence-corrected chi connectivity index (χ3v) is 2.87. The topological polar surface area (TPSA) is 52.3 Å². The Labute approximate surface area is 97.1 Å². The molecule has 0 saturated heterocycles. The Balaban J connectivity index is 3.63. The Morgan fingerprint density at radius 2 is 2.13 bits per heavy atom. The molecule has 0 aromatic heterocycles. The lowest BCUT2D eigenvalue weighted by Gasteiger charge is -2.14. The second-order valence-electron chi connectivity index (χ2n) is 3.91. The molecule has 0 bridgehead atoms. The van der Waals surface area contributed by atoms with Crippen LogP contribution in [0.1, 0.15) is 33.1 Å². The summed E-state index contributed by atoms with van der Waals surface area (Å²) in [5.74, 6) is 1.08. The van der Waals surface area contributed by atoms with Crippen LogP contribution in [-0.2, 0) is 9.53 Å². The number of carbonyl (C=O) groups is 1. The maximum absolute atomic E-state index is 11.4. The van der Waals surface area contributed by atoms with E-state index in [4.69, 9.17) is 10.5 Å². The molecule has 0 aliphatic rings. The van der Waals surface area contributed by atoms with E-state index < -0.39 is 6.04 Å². The summed E-state index contributed by atoms with van der Waals surface area (Å²) in [5, 5.41) is 0. The smallest absolute Gasteiger partial charge is 0.322 e. The van der Waals surface area contributed by atoms with E-state index in [-0.39, 0.29) is 5.97 Å². The molecule has 90 valence electrons. The lowest BCUT2D eigenvalue weighted by atomic mass is 10.1. The Kier molecular flexibility index (Phi) is 8.91. The van der Waals surface area contributed by atoms with Gasteiger partial charge in [0.1, 0.15) is 6.04 Å². The molecule has 0 heterocycles. The highest BCUT2D eigenvalue weighted by atomic mass is 32.2. The molecule has 0 aliphatic carbocycles. The summed E-state index contributed by atoms with van der Waals surface area (Å²) in [6, 6.07) is -0.453. The first-order valence-corrected chi connectivity index (χ1v) is 6.92. The Morgan fingerprint density at radius 3 is 2.67 bits per heavy atom. The van der Waals surface area contributed by atoms with E-state index in [0.717, 1.165) is 18.6 Å². The summed E-state index contributed by atoms with van der Waals surface area (Å²) >= 11 is 1.69. The average molecular weight is 233 g/mol. The zero-order chi connectivity index (χ0) is 11.7. The fourth-order valence-corrected chi connectivity index (χ4v) is 1.76. The van der Waals surface area contributed by atoms with Crippen molar-refractivity contribution in [2.45, 2.75) is 39.2 Å². The number of hydrogen-bond donors (Lipinski definition) is 1. The number of rotatable bonds is 8. The van der Waals surface area contributed by atoms with Crippen molar-refractivity contribution in [2.24, 2.45) is 11.7 Å². The van der Waals surface area contributed by atoms with Crippen LogP contribution in [0.5, 0.6) is 0 Å². The summed E-state index contributed by atoms with van der Waals surface area (Å²) in [6.07, 6.45) is 4.91. The summed E-state index contributed by atoms with van der Waals surface area (Å²) in [6.45, 7) is 4.71. The van der Waals surface area contributed by atoms with Crippen molar-refractivity contribution in [3.8, 4) is 0 Å². The van der Waals surface area contributed by atoms with Crippen LogP contribution in [0.3, 0.4) is 0 Å². The molecule has 0 aliphatic heterocycles. The second kappa shape index (κ2) is 9.04. The molecular formula is C11H23NO2S. The molecule has 15 heavy (non-hydrogen) atoms. The van der Waals surface area contributed by atoms with E-state index in [1.54, 1.807) is 11.8 Å². The molecule has 0 radical (unpaired) electrons. The largest absolute Gasteiger partial charge is 0.464 e. The summed E-state index contributed by atoms with van der Waals surface area (Å²) in [5.41, 5.74) is 5.68. The van der Waals surface area contributed by atoms with Gasteiger partial charge in [0.2, 0.25) is 0 Å². The minimum atomic E-state index is -0.453. The highest BCUT2D eigenvalue weighted by molar-refractivity contribution is 7.98. The van der Waals surface area contributed by atoms with Crippen LogP contribution in [0.4, 0.5) is 0 Å². The third-order valence-electron chi connectivity index (χ3n) is 2.23. The molecular weight excluding hydrogens is 210 g/mol. The normalized spacial score (nSPS) is 14.7. The first-order chi connectivity index (χ1) is 7.11. The predicted molar refractivity (Wildman–Crippen MR) is 66.0 cm³/mol. The van der Waals surface area contributed by atoms with Gasteiger partial charge in [-0.3, -0.25) is 4.79 Å². The number of esters is 1. The van der Waals surface area contributed by atoms with Crippen molar-refractivity contribution in [3.63, 3.8) is 0 Å². The van der Waals surface area contributed by atoms with Gasteiger partial charge in [0, 0.05) is 0 Å². The molecule has 0 fully saturated rings. The van der Waals surface area contributed by atoms with E-state index in [0.29, 0.717) is 18.9 Å². The fourth-order valence-electron chi connectivity index (χ4n) is 1.27. The van der Waals surface area contributed by atoms with E-state index in [2.05, 4.69) is 13.8 Å². The minimum Gasteiger partial charge on any atom is -0.464 e. The van der Waals surface area contributed by atoms with Gasteiger partial charge in [-0.1, -0.05) is 20.3 Å². The van der Waals surface area contributed by atoms with Crippen LogP contribution in [0, 0.1) is 5.92 Å². The van der Waals surface area contributed by atoms with Crippen LogP contribution in [0.2, 0.25) is 0 Å². The number of nitrogens with two attached hydrogens (primary N) is 1. The molecule has 0 aromatic carbocycles. The maximum Gasteiger partial charge on any atom is 0.322 e. The first-order valence-electron chi connectivity index (χ1n) is 5.53. The van der Waals surface area contributed by atoms with Gasteiger partial charge in [-0.15, -0.1) is 0 Å². The number of thioether (sulfide) groups is 1. The van der Waals surface area contributed by atoms with Gasteiger partial charge in [-0.05, 0) is 30.8 Å². The van der Waals surface area contributed by atoms with Crippen LogP contribution in [-0.4, -0.2) is 30.6 Å². The molecule has 3 nitrogen and oxygen atoms in total. The van der Waals surface area contributed by atoms with Gasteiger partial charge >= 0.3 is 5.97 Å². The van der Waals surface area contributed by atoms with Crippen LogP contribution >= 0.6 is 11.8 Å². The van der Waals surface area contributed by atoms with Gasteiger partial charge in [-0.2, -0.15) is 11.8 Å². The predicted octanol–water partition coefficient (Wildman–Crippen LogP) is 2.05. The Hall–Kier alpha value is -0.220. The van der Waals surface area contributed by atoms with E-state index in [1.807, 2.05) is 6.26 Å². The Morgan fingerprint density at radius 1 is 1.47 bits per heavy atom. The minimum absolute atomic E-state index is 0.257. The fraction of sp³-hybridized carbons (Fsp3) is 0.909. The van der Waals surface area contributed by atoms with Crippen LogP contribution < -0.4 is 5.73 Å². The van der Waals surface area contributed by atoms with Crippen molar-refractivity contribution >= 4 is 17.7 Å². The van der Waals surface area contributed by atoms with Gasteiger partial charge < -0.3 is 10.5 Å². The van der Waals surface area contributed by atoms with Gasteiger partial charge in [0.15, 0.2) is 0 Å². The van der Waals surface area contributed by atoms with E-state index in [1.165, 1.54) is 0 Å². The standard InChI is InChI=1S/C11H23NO2S/c1-4-5-9(2)8-14-11(13)10(12)6-7-15-3/h9-10H,4-8,12H2,1-3H3/t9?,10-/m1/s1. The lowest BCUT2D eigenvalue weighted by Crippen LogP contribution is -2.33. The van der Waals surface area contributed by atoms with Gasteiger partial charge in [0.05, 0.1) is 6.61 Å². The molecule has 0 rings (SSSR count). The molecule has 1 unspecified atom stereocenters. The number of ether oxygens (including phenoxy) is 1. The second-order valence-corrected chi connectivity index (χ2v) is 4.90. The number of carbonyl (C=O) groups excluding carboxylic acids is 1. The molecule has 4 heteroatoms. The average Bonchev–Trinajstić information content (AvgIpc) is 2.22. The summed E-state index contributed by atoms with van der Waals surface area (Å²) < 4.78 is 5.14. The van der Waals surface area contributed by atoms with E-state index >= 15 is 0 Å². The molecule has 2 atom stereocenters. The quantitative estimate of drug-likeness (QED) is 0.652. The highest BCUT2D eigenvalue weighted by Gasteiger charge is 2.15. The number of hydrogen-bond acceptors (Lipinski definition) is 4. The van der Waals surface area contributed by atoms with Crippen molar-refractivity contribution in [1.29, 1.82) is 0 Å². The maximum atomic E-state index is 11.4. The van der Waals surface area contributed by atoms with E-state index in [9.17, 15) is 4.79 Å². The molecule has 0 aromatic rings.